The highest BCUT2D eigenvalue weighted by Crippen LogP contribution is 2.37. The lowest BCUT2D eigenvalue weighted by Gasteiger charge is -2.18. The number of thiophene rings is 1. The maximum Gasteiger partial charge on any atom is 0.264 e. The number of anilines is 1. The Labute approximate surface area is 185 Å². The number of rotatable bonds is 5. The standard InChI is InChI=1S/C24H24N2O4S/c1-15-5-4-6-16(2)23(15)25-22(27)14-26(3)24(28)21-10-9-20(31-21)17-7-8-18-19(13-17)30-12-11-29-18/h4-10,13H,11-12,14H2,1-3H3,(H,25,27). The highest BCUT2D eigenvalue weighted by atomic mass is 32.1. The van der Waals surface area contributed by atoms with Crippen LogP contribution in [0, 0.1) is 13.8 Å². The summed E-state index contributed by atoms with van der Waals surface area (Å²) in [6.45, 7) is 4.95. The molecule has 0 saturated heterocycles. The maximum atomic E-state index is 12.9. The molecule has 0 unspecified atom stereocenters. The van der Waals surface area contributed by atoms with Gasteiger partial charge in [0.05, 0.1) is 11.4 Å². The molecule has 0 radical (unpaired) electrons. The zero-order valence-electron chi connectivity index (χ0n) is 17.7. The van der Waals surface area contributed by atoms with Crippen LogP contribution < -0.4 is 14.8 Å². The van der Waals surface area contributed by atoms with Gasteiger partial charge in [-0.05, 0) is 60.9 Å². The molecule has 0 fully saturated rings. The first kappa shape index (κ1) is 20.9. The average Bonchev–Trinajstić information content (AvgIpc) is 3.25. The Morgan fingerprint density at radius 3 is 2.45 bits per heavy atom. The van der Waals surface area contributed by atoms with Crippen molar-refractivity contribution in [3.05, 3.63) is 64.5 Å². The van der Waals surface area contributed by atoms with Crippen LogP contribution >= 0.6 is 11.3 Å². The van der Waals surface area contributed by atoms with Gasteiger partial charge in [-0.25, -0.2) is 0 Å². The molecule has 31 heavy (non-hydrogen) atoms. The van der Waals surface area contributed by atoms with Crippen LogP contribution in [0.5, 0.6) is 11.5 Å². The zero-order valence-corrected chi connectivity index (χ0v) is 18.5. The third-order valence-electron chi connectivity index (χ3n) is 5.12. The Kier molecular flexibility index (Phi) is 5.95. The minimum atomic E-state index is -0.225. The molecule has 0 aliphatic carbocycles. The number of ether oxygens (including phenoxy) is 2. The van der Waals surface area contributed by atoms with Gasteiger partial charge in [0.1, 0.15) is 13.2 Å². The summed E-state index contributed by atoms with van der Waals surface area (Å²) < 4.78 is 11.2. The van der Waals surface area contributed by atoms with E-state index in [2.05, 4.69) is 5.32 Å². The second-order valence-electron chi connectivity index (χ2n) is 7.50. The maximum absolute atomic E-state index is 12.9. The van der Waals surface area contributed by atoms with Gasteiger partial charge in [-0.15, -0.1) is 11.3 Å². The monoisotopic (exact) mass is 436 g/mol. The number of hydrogen-bond donors (Lipinski definition) is 1. The number of nitrogens with one attached hydrogen (secondary N) is 1. The second kappa shape index (κ2) is 8.81. The van der Waals surface area contributed by atoms with E-state index in [9.17, 15) is 9.59 Å². The van der Waals surface area contributed by atoms with Crippen molar-refractivity contribution in [2.24, 2.45) is 0 Å². The third kappa shape index (κ3) is 4.56. The molecule has 1 N–H and O–H groups in total. The highest BCUT2D eigenvalue weighted by molar-refractivity contribution is 7.17. The smallest absolute Gasteiger partial charge is 0.264 e. The van der Waals surface area contributed by atoms with Gasteiger partial charge in [-0.2, -0.15) is 0 Å². The number of likely N-dealkylation sites (N-methyl/N-ethyl adjacent to an activating group) is 1. The van der Waals surface area contributed by atoms with E-state index in [-0.39, 0.29) is 18.4 Å². The van der Waals surface area contributed by atoms with Gasteiger partial charge >= 0.3 is 0 Å². The summed E-state index contributed by atoms with van der Waals surface area (Å²) in [5, 5.41) is 2.92. The summed E-state index contributed by atoms with van der Waals surface area (Å²) in [5.41, 5.74) is 3.74. The van der Waals surface area contributed by atoms with E-state index in [0.717, 1.165) is 33.0 Å². The molecule has 1 aromatic heterocycles. The molecule has 0 atom stereocenters. The van der Waals surface area contributed by atoms with Crippen molar-refractivity contribution in [3.63, 3.8) is 0 Å². The zero-order chi connectivity index (χ0) is 22.0. The van der Waals surface area contributed by atoms with Crippen LogP contribution in [0.2, 0.25) is 0 Å². The molecule has 1 aliphatic heterocycles. The van der Waals surface area contributed by atoms with Crippen molar-refractivity contribution in [1.29, 1.82) is 0 Å². The minimum Gasteiger partial charge on any atom is -0.486 e. The summed E-state index contributed by atoms with van der Waals surface area (Å²) >= 11 is 1.39. The predicted molar refractivity (Wildman–Crippen MR) is 122 cm³/mol. The number of fused-ring (bicyclic) bond motifs is 1. The lowest BCUT2D eigenvalue weighted by molar-refractivity contribution is -0.116. The summed E-state index contributed by atoms with van der Waals surface area (Å²) in [6, 6.07) is 15.3. The second-order valence-corrected chi connectivity index (χ2v) is 8.58. The number of carbonyl (C=O) groups is 2. The topological polar surface area (TPSA) is 67.9 Å². The fourth-order valence-corrected chi connectivity index (χ4v) is 4.47. The summed E-state index contributed by atoms with van der Waals surface area (Å²) in [6.07, 6.45) is 0. The molecule has 6 nitrogen and oxygen atoms in total. The van der Waals surface area contributed by atoms with Crippen molar-refractivity contribution in [3.8, 4) is 21.9 Å². The van der Waals surface area contributed by atoms with Crippen LogP contribution in [0.25, 0.3) is 10.4 Å². The molecule has 0 spiro atoms. The number of carbonyl (C=O) groups excluding carboxylic acids is 2. The minimum absolute atomic E-state index is 0.0239. The van der Waals surface area contributed by atoms with E-state index in [1.165, 1.54) is 16.2 Å². The van der Waals surface area contributed by atoms with Crippen LogP contribution in [0.4, 0.5) is 5.69 Å². The lowest BCUT2D eigenvalue weighted by atomic mass is 10.1. The molecule has 2 heterocycles. The third-order valence-corrected chi connectivity index (χ3v) is 6.24. The Bertz CT molecular complexity index is 1120. The molecule has 0 bridgehead atoms. The molecule has 1 aliphatic rings. The summed E-state index contributed by atoms with van der Waals surface area (Å²) in [5.74, 6) is 1.03. The average molecular weight is 437 g/mol. The van der Waals surface area contributed by atoms with E-state index in [4.69, 9.17) is 9.47 Å². The molecule has 0 saturated carbocycles. The number of nitrogens with zero attached hydrogens (tertiary/aromatic N) is 1. The van der Waals surface area contributed by atoms with Gasteiger partial charge in [0.25, 0.3) is 5.91 Å². The number of benzene rings is 2. The fourth-order valence-electron chi connectivity index (χ4n) is 3.47. The molecule has 2 aromatic carbocycles. The molecular weight excluding hydrogens is 412 g/mol. The van der Waals surface area contributed by atoms with Crippen molar-refractivity contribution in [1.82, 2.24) is 4.90 Å². The van der Waals surface area contributed by atoms with Crippen molar-refractivity contribution in [2.75, 3.05) is 32.1 Å². The number of para-hydroxylation sites is 1. The summed E-state index contributed by atoms with van der Waals surface area (Å²) in [4.78, 5) is 28.3. The van der Waals surface area contributed by atoms with Gasteiger partial charge < -0.3 is 19.7 Å². The van der Waals surface area contributed by atoms with Gasteiger partial charge in [-0.3, -0.25) is 9.59 Å². The van der Waals surface area contributed by atoms with E-state index in [0.29, 0.717) is 23.8 Å². The Balaban J connectivity index is 1.43. The van der Waals surface area contributed by atoms with Crippen LogP contribution in [0.1, 0.15) is 20.8 Å². The molecule has 3 aromatic rings. The SMILES string of the molecule is Cc1cccc(C)c1NC(=O)CN(C)C(=O)c1ccc(-c2ccc3c(c2)OCCO3)s1. The Morgan fingerprint density at radius 2 is 1.71 bits per heavy atom. The van der Waals surface area contributed by atoms with Crippen molar-refractivity contribution in [2.45, 2.75) is 13.8 Å². The van der Waals surface area contributed by atoms with E-state index in [1.54, 1.807) is 13.1 Å². The lowest BCUT2D eigenvalue weighted by Crippen LogP contribution is -2.34. The Hall–Kier alpha value is -3.32. The van der Waals surface area contributed by atoms with E-state index in [1.807, 2.05) is 56.3 Å². The number of amides is 2. The van der Waals surface area contributed by atoms with Gasteiger partial charge in [0.2, 0.25) is 5.91 Å². The normalized spacial score (nSPS) is 12.4. The van der Waals surface area contributed by atoms with E-state index >= 15 is 0 Å². The molecule has 2 amide bonds. The largest absolute Gasteiger partial charge is 0.486 e. The van der Waals surface area contributed by atoms with Crippen LogP contribution in [-0.2, 0) is 4.79 Å². The highest BCUT2D eigenvalue weighted by Gasteiger charge is 2.19. The first-order valence-corrected chi connectivity index (χ1v) is 10.9. The van der Waals surface area contributed by atoms with Gasteiger partial charge in [-0.1, -0.05) is 18.2 Å². The number of hydrogen-bond acceptors (Lipinski definition) is 5. The molecule has 7 heteroatoms. The quantitative estimate of drug-likeness (QED) is 0.639. The fraction of sp³-hybridized carbons (Fsp3) is 0.250. The predicted octanol–water partition coefficient (Wildman–Crippen LogP) is 4.51. The first-order chi connectivity index (χ1) is 14.9. The van der Waals surface area contributed by atoms with Crippen LogP contribution in [0.3, 0.4) is 0 Å². The number of aryl methyl sites for hydroxylation is 2. The summed E-state index contributed by atoms with van der Waals surface area (Å²) in [7, 11) is 1.64. The van der Waals surface area contributed by atoms with E-state index < -0.39 is 0 Å². The first-order valence-electron chi connectivity index (χ1n) is 10.0. The van der Waals surface area contributed by atoms with Crippen molar-refractivity contribution >= 4 is 28.8 Å². The van der Waals surface area contributed by atoms with Crippen molar-refractivity contribution < 1.29 is 19.1 Å². The van der Waals surface area contributed by atoms with Gasteiger partial charge in [0.15, 0.2) is 11.5 Å². The van der Waals surface area contributed by atoms with Crippen LogP contribution in [-0.4, -0.2) is 43.5 Å². The van der Waals surface area contributed by atoms with Crippen LogP contribution in [0.15, 0.2) is 48.5 Å². The van der Waals surface area contributed by atoms with Gasteiger partial charge in [0, 0.05) is 17.6 Å². The molecule has 160 valence electrons. The molecule has 4 rings (SSSR count). The molecular formula is C24H24N2O4S. The Morgan fingerprint density at radius 1 is 1.00 bits per heavy atom.